The van der Waals surface area contributed by atoms with Crippen LogP contribution in [0.5, 0.6) is 5.75 Å². The number of benzene rings is 2. The summed E-state index contributed by atoms with van der Waals surface area (Å²) in [6, 6.07) is 7.57. The van der Waals surface area contributed by atoms with Gasteiger partial charge in [-0.1, -0.05) is 32.0 Å². The van der Waals surface area contributed by atoms with Gasteiger partial charge >= 0.3 is 6.18 Å². The van der Waals surface area contributed by atoms with Crippen molar-refractivity contribution in [1.29, 1.82) is 0 Å². The molecule has 0 spiro atoms. The van der Waals surface area contributed by atoms with Gasteiger partial charge in [-0.3, -0.25) is 0 Å². The van der Waals surface area contributed by atoms with Crippen molar-refractivity contribution in [2.75, 3.05) is 0 Å². The third-order valence-corrected chi connectivity index (χ3v) is 4.94. The summed E-state index contributed by atoms with van der Waals surface area (Å²) in [5.74, 6) is 0.814. The first kappa shape index (κ1) is 18.1. The lowest BCUT2D eigenvalue weighted by molar-refractivity contribution is -0.138. The molecular formula is C20H23F3O2. The molecule has 0 amide bonds. The van der Waals surface area contributed by atoms with Crippen LogP contribution in [0.15, 0.2) is 30.3 Å². The van der Waals surface area contributed by atoms with Crippen molar-refractivity contribution < 1.29 is 23.0 Å². The molecule has 3 rings (SSSR count). The predicted octanol–water partition coefficient (Wildman–Crippen LogP) is 5.55. The standard InChI is InChI=1S/C20H23F3O2/c1-12-7-13(2)9-16(8-12)25-18-6-4-15-10-14(11-24)3-5-17(15)19(18)20(21,22)23/h3-6,10,12-13,16,24H,7-9,11H2,1-2H3/t12-,13-/m1/s1. The van der Waals surface area contributed by atoms with E-state index in [0.717, 1.165) is 19.3 Å². The number of rotatable bonds is 3. The van der Waals surface area contributed by atoms with Gasteiger partial charge in [-0.25, -0.2) is 0 Å². The molecule has 0 unspecified atom stereocenters. The highest BCUT2D eigenvalue weighted by molar-refractivity contribution is 5.89. The maximum Gasteiger partial charge on any atom is 0.420 e. The van der Waals surface area contributed by atoms with E-state index in [1.807, 2.05) is 0 Å². The van der Waals surface area contributed by atoms with Gasteiger partial charge in [0.1, 0.15) is 11.3 Å². The van der Waals surface area contributed by atoms with Gasteiger partial charge in [-0.2, -0.15) is 13.2 Å². The zero-order chi connectivity index (χ0) is 18.2. The van der Waals surface area contributed by atoms with Gasteiger partial charge in [-0.15, -0.1) is 0 Å². The van der Waals surface area contributed by atoms with Crippen molar-refractivity contribution in [1.82, 2.24) is 0 Å². The fraction of sp³-hybridized carbons (Fsp3) is 0.500. The SMILES string of the molecule is C[C@H]1CC(Oc2ccc3cc(CO)ccc3c2C(F)(F)F)C[C@H](C)C1. The summed E-state index contributed by atoms with van der Waals surface area (Å²) >= 11 is 0. The van der Waals surface area contributed by atoms with Gasteiger partial charge in [0.2, 0.25) is 0 Å². The Kier molecular flexibility index (Phi) is 4.96. The van der Waals surface area contributed by atoms with Gasteiger partial charge in [0, 0.05) is 0 Å². The molecule has 1 saturated carbocycles. The molecule has 2 aromatic rings. The lowest BCUT2D eigenvalue weighted by Crippen LogP contribution is -2.29. The predicted molar refractivity (Wildman–Crippen MR) is 91.5 cm³/mol. The normalized spacial score (nSPS) is 24.5. The number of halogens is 3. The molecule has 1 N–H and O–H groups in total. The van der Waals surface area contributed by atoms with E-state index in [0.29, 0.717) is 22.8 Å². The number of alkyl halides is 3. The Morgan fingerprint density at radius 1 is 1.04 bits per heavy atom. The van der Waals surface area contributed by atoms with Crippen molar-refractivity contribution in [3.05, 3.63) is 41.5 Å². The molecule has 0 radical (unpaired) electrons. The van der Waals surface area contributed by atoms with Gasteiger partial charge < -0.3 is 9.84 Å². The maximum absolute atomic E-state index is 13.7. The summed E-state index contributed by atoms with van der Waals surface area (Å²) in [6.45, 7) is 4.04. The number of hydrogen-bond acceptors (Lipinski definition) is 2. The zero-order valence-corrected chi connectivity index (χ0v) is 14.4. The lowest BCUT2D eigenvalue weighted by atomic mass is 9.82. The number of ether oxygens (including phenoxy) is 1. The monoisotopic (exact) mass is 352 g/mol. The minimum absolute atomic E-state index is 0.0944. The van der Waals surface area contributed by atoms with E-state index in [1.54, 1.807) is 12.1 Å². The van der Waals surface area contributed by atoms with Gasteiger partial charge in [-0.05, 0) is 59.6 Å². The molecule has 0 saturated heterocycles. The Labute approximate surface area is 145 Å². The Morgan fingerprint density at radius 3 is 2.32 bits per heavy atom. The third kappa shape index (κ3) is 3.92. The van der Waals surface area contributed by atoms with Crippen LogP contribution in [0.3, 0.4) is 0 Å². The van der Waals surface area contributed by atoms with E-state index in [2.05, 4.69) is 13.8 Å². The minimum Gasteiger partial charge on any atom is -0.490 e. The quantitative estimate of drug-likeness (QED) is 0.784. The summed E-state index contributed by atoms with van der Waals surface area (Å²) in [6.07, 6.45) is -2.03. The van der Waals surface area contributed by atoms with Crippen molar-refractivity contribution in [2.24, 2.45) is 11.8 Å². The fourth-order valence-electron chi connectivity index (χ4n) is 4.00. The molecule has 0 aromatic heterocycles. The van der Waals surface area contributed by atoms with Crippen LogP contribution in [0.25, 0.3) is 10.8 Å². The lowest BCUT2D eigenvalue weighted by Gasteiger charge is -2.32. The Balaban J connectivity index is 2.02. The summed E-state index contributed by atoms with van der Waals surface area (Å²) in [5.41, 5.74) is -0.135. The molecule has 1 aliphatic carbocycles. The minimum atomic E-state index is -4.50. The Hall–Kier alpha value is -1.75. The molecule has 2 atom stereocenters. The Bertz CT molecular complexity index is 744. The largest absolute Gasteiger partial charge is 0.490 e. The number of aliphatic hydroxyl groups is 1. The zero-order valence-electron chi connectivity index (χ0n) is 14.4. The van der Waals surface area contributed by atoms with Crippen LogP contribution in [0, 0.1) is 11.8 Å². The second kappa shape index (κ2) is 6.87. The molecular weight excluding hydrogens is 329 g/mol. The van der Waals surface area contributed by atoms with Crippen molar-refractivity contribution in [2.45, 2.75) is 52.0 Å². The van der Waals surface area contributed by atoms with Gasteiger partial charge in [0.25, 0.3) is 0 Å². The number of hydrogen-bond donors (Lipinski definition) is 1. The fourth-order valence-corrected chi connectivity index (χ4v) is 4.00. The number of aliphatic hydroxyl groups excluding tert-OH is 1. The van der Waals surface area contributed by atoms with Crippen molar-refractivity contribution in [3.8, 4) is 5.75 Å². The van der Waals surface area contributed by atoms with E-state index < -0.39 is 11.7 Å². The first-order valence-electron chi connectivity index (χ1n) is 8.68. The van der Waals surface area contributed by atoms with Crippen LogP contribution in [0.4, 0.5) is 13.2 Å². The molecule has 5 heteroatoms. The van der Waals surface area contributed by atoms with E-state index in [1.165, 1.54) is 18.2 Å². The van der Waals surface area contributed by atoms with Crippen LogP contribution in [0.1, 0.15) is 44.2 Å². The first-order chi connectivity index (χ1) is 11.8. The van der Waals surface area contributed by atoms with Crippen LogP contribution in [0.2, 0.25) is 0 Å². The highest BCUT2D eigenvalue weighted by Crippen LogP contribution is 2.43. The topological polar surface area (TPSA) is 29.5 Å². The molecule has 136 valence electrons. The second-order valence-electron chi connectivity index (χ2n) is 7.31. The van der Waals surface area contributed by atoms with E-state index in [4.69, 9.17) is 4.74 Å². The summed E-state index contributed by atoms with van der Waals surface area (Å²) < 4.78 is 47.1. The maximum atomic E-state index is 13.7. The van der Waals surface area contributed by atoms with Crippen LogP contribution >= 0.6 is 0 Å². The summed E-state index contributed by atoms with van der Waals surface area (Å²) in [5, 5.41) is 9.77. The highest BCUT2D eigenvalue weighted by Gasteiger charge is 2.37. The summed E-state index contributed by atoms with van der Waals surface area (Å²) in [4.78, 5) is 0. The van der Waals surface area contributed by atoms with Crippen LogP contribution < -0.4 is 4.74 Å². The van der Waals surface area contributed by atoms with Gasteiger partial charge in [0.15, 0.2) is 0 Å². The van der Waals surface area contributed by atoms with Crippen molar-refractivity contribution >= 4 is 10.8 Å². The van der Waals surface area contributed by atoms with E-state index >= 15 is 0 Å². The molecule has 0 aliphatic heterocycles. The smallest absolute Gasteiger partial charge is 0.420 e. The molecule has 0 bridgehead atoms. The highest BCUT2D eigenvalue weighted by atomic mass is 19.4. The molecule has 0 heterocycles. The van der Waals surface area contributed by atoms with Gasteiger partial charge in [0.05, 0.1) is 12.7 Å². The summed E-state index contributed by atoms with van der Waals surface area (Å²) in [7, 11) is 0. The molecule has 1 fully saturated rings. The van der Waals surface area contributed by atoms with E-state index in [9.17, 15) is 18.3 Å². The third-order valence-electron chi connectivity index (χ3n) is 4.94. The van der Waals surface area contributed by atoms with Crippen molar-refractivity contribution in [3.63, 3.8) is 0 Å². The molecule has 25 heavy (non-hydrogen) atoms. The molecule has 2 aromatic carbocycles. The van der Waals surface area contributed by atoms with E-state index in [-0.39, 0.29) is 23.8 Å². The number of fused-ring (bicyclic) bond motifs is 1. The average Bonchev–Trinajstić information content (AvgIpc) is 2.52. The average molecular weight is 352 g/mol. The first-order valence-corrected chi connectivity index (χ1v) is 8.68. The van der Waals surface area contributed by atoms with Crippen LogP contribution in [-0.2, 0) is 12.8 Å². The molecule has 1 aliphatic rings. The molecule has 2 nitrogen and oxygen atoms in total. The Morgan fingerprint density at radius 2 is 1.72 bits per heavy atom. The van der Waals surface area contributed by atoms with Crippen LogP contribution in [-0.4, -0.2) is 11.2 Å². The second-order valence-corrected chi connectivity index (χ2v) is 7.31.